The van der Waals surface area contributed by atoms with Crippen molar-refractivity contribution >= 4 is 42.5 Å². The standard InChI is InChI=1S/C27H23N3O5S2/c1-18-7-3-5-9-25(18)36(31,32)29-21-13-11-20(12-14-21)27-28-23-17-22(15-16-24(23)35-27)30-37(33,34)26-10-6-4-8-19(26)2/h3-17,29-30H,1-2H3. The Bertz CT molecular complexity index is 1830. The van der Waals surface area contributed by atoms with Gasteiger partial charge in [-0.15, -0.1) is 0 Å². The number of aryl methyl sites for hydroxylation is 2. The number of nitrogens with zero attached hydrogens (tertiary/aromatic N) is 1. The van der Waals surface area contributed by atoms with Crippen LogP contribution in [0.15, 0.2) is 105 Å². The molecule has 0 saturated heterocycles. The van der Waals surface area contributed by atoms with Gasteiger partial charge in [-0.1, -0.05) is 36.4 Å². The van der Waals surface area contributed by atoms with Crippen LogP contribution in [0.1, 0.15) is 11.1 Å². The van der Waals surface area contributed by atoms with Gasteiger partial charge in [0.1, 0.15) is 5.52 Å². The molecule has 0 aliphatic heterocycles. The van der Waals surface area contributed by atoms with E-state index >= 15 is 0 Å². The van der Waals surface area contributed by atoms with Gasteiger partial charge in [0.2, 0.25) is 5.89 Å². The lowest BCUT2D eigenvalue weighted by Gasteiger charge is -2.10. The number of hydrogen-bond donors (Lipinski definition) is 2. The fraction of sp³-hybridized carbons (Fsp3) is 0.0741. The molecule has 0 amide bonds. The van der Waals surface area contributed by atoms with Crippen LogP contribution in [0.25, 0.3) is 22.6 Å². The maximum atomic E-state index is 12.8. The quantitative estimate of drug-likeness (QED) is 0.277. The fourth-order valence-corrected chi connectivity index (χ4v) is 6.53. The van der Waals surface area contributed by atoms with Gasteiger partial charge in [-0.05, 0) is 79.6 Å². The number of rotatable bonds is 7. The molecule has 1 aromatic heterocycles. The van der Waals surface area contributed by atoms with Gasteiger partial charge < -0.3 is 4.42 Å². The van der Waals surface area contributed by atoms with Crippen LogP contribution in [0.3, 0.4) is 0 Å². The van der Waals surface area contributed by atoms with Crippen molar-refractivity contribution in [2.45, 2.75) is 23.6 Å². The van der Waals surface area contributed by atoms with E-state index in [-0.39, 0.29) is 9.79 Å². The number of sulfonamides is 2. The molecule has 0 unspecified atom stereocenters. The SMILES string of the molecule is Cc1ccccc1S(=O)(=O)Nc1ccc(-c2nc3cc(NS(=O)(=O)c4ccccc4C)ccc3o2)cc1. The minimum absolute atomic E-state index is 0.203. The van der Waals surface area contributed by atoms with Crippen molar-refractivity contribution < 1.29 is 21.3 Å². The van der Waals surface area contributed by atoms with Gasteiger partial charge >= 0.3 is 0 Å². The molecule has 8 nitrogen and oxygen atoms in total. The number of anilines is 2. The number of benzene rings is 4. The Kier molecular flexibility index (Phi) is 6.22. The predicted molar refractivity (Wildman–Crippen MR) is 143 cm³/mol. The molecule has 4 aromatic carbocycles. The van der Waals surface area contributed by atoms with Crippen molar-refractivity contribution in [1.82, 2.24) is 4.98 Å². The van der Waals surface area contributed by atoms with E-state index in [1.54, 1.807) is 105 Å². The van der Waals surface area contributed by atoms with E-state index in [1.807, 2.05) is 0 Å². The lowest BCUT2D eigenvalue weighted by Crippen LogP contribution is -2.14. The van der Waals surface area contributed by atoms with E-state index in [4.69, 9.17) is 4.42 Å². The second-order valence-corrected chi connectivity index (χ2v) is 11.8. The highest BCUT2D eigenvalue weighted by molar-refractivity contribution is 7.93. The molecule has 0 aliphatic carbocycles. The van der Waals surface area contributed by atoms with Crippen molar-refractivity contribution in [1.29, 1.82) is 0 Å². The first-order valence-corrected chi connectivity index (χ1v) is 14.3. The normalized spacial score (nSPS) is 11.9. The number of fused-ring (bicyclic) bond motifs is 1. The third-order valence-electron chi connectivity index (χ3n) is 5.79. The van der Waals surface area contributed by atoms with Crippen LogP contribution in [-0.2, 0) is 20.0 Å². The van der Waals surface area contributed by atoms with Gasteiger partial charge in [-0.3, -0.25) is 9.44 Å². The van der Waals surface area contributed by atoms with E-state index in [2.05, 4.69) is 14.4 Å². The Morgan fingerprint density at radius 3 is 1.73 bits per heavy atom. The van der Waals surface area contributed by atoms with Crippen molar-refractivity contribution in [2.75, 3.05) is 9.44 Å². The summed E-state index contributed by atoms with van der Waals surface area (Å²) in [5, 5.41) is 0. The largest absolute Gasteiger partial charge is 0.436 e. The Labute approximate surface area is 215 Å². The molecule has 5 aromatic rings. The van der Waals surface area contributed by atoms with Crippen LogP contribution in [0, 0.1) is 13.8 Å². The zero-order valence-electron chi connectivity index (χ0n) is 20.0. The van der Waals surface area contributed by atoms with Crippen LogP contribution in [0.4, 0.5) is 11.4 Å². The molecule has 188 valence electrons. The fourth-order valence-electron chi connectivity index (χ4n) is 3.93. The van der Waals surface area contributed by atoms with Crippen molar-refractivity contribution in [3.05, 3.63) is 102 Å². The average molecular weight is 534 g/mol. The summed E-state index contributed by atoms with van der Waals surface area (Å²) in [4.78, 5) is 4.90. The van der Waals surface area contributed by atoms with Crippen molar-refractivity contribution in [3.63, 3.8) is 0 Å². The molecule has 0 saturated carbocycles. The summed E-state index contributed by atoms with van der Waals surface area (Å²) in [6, 6.07) is 25.0. The second kappa shape index (κ2) is 9.38. The molecule has 0 atom stereocenters. The summed E-state index contributed by atoms with van der Waals surface area (Å²) in [6.07, 6.45) is 0. The Balaban J connectivity index is 1.37. The lowest BCUT2D eigenvalue weighted by atomic mass is 10.2. The summed E-state index contributed by atoms with van der Waals surface area (Å²) in [5.41, 5.74) is 3.65. The Morgan fingerprint density at radius 2 is 1.16 bits per heavy atom. The third kappa shape index (κ3) is 5.07. The zero-order chi connectivity index (χ0) is 26.2. The maximum Gasteiger partial charge on any atom is 0.262 e. The highest BCUT2D eigenvalue weighted by atomic mass is 32.2. The van der Waals surface area contributed by atoms with Gasteiger partial charge in [0.25, 0.3) is 20.0 Å². The van der Waals surface area contributed by atoms with Crippen LogP contribution in [0.2, 0.25) is 0 Å². The van der Waals surface area contributed by atoms with Gasteiger partial charge in [-0.25, -0.2) is 21.8 Å². The highest BCUT2D eigenvalue weighted by Gasteiger charge is 2.18. The van der Waals surface area contributed by atoms with Crippen LogP contribution < -0.4 is 9.44 Å². The summed E-state index contributed by atoms with van der Waals surface area (Å²) in [5.74, 6) is 0.322. The van der Waals surface area contributed by atoms with Gasteiger partial charge in [-0.2, -0.15) is 0 Å². The lowest BCUT2D eigenvalue weighted by molar-refractivity contribution is 0.599. The first-order valence-electron chi connectivity index (χ1n) is 11.3. The molecule has 10 heteroatoms. The van der Waals surface area contributed by atoms with E-state index in [0.29, 0.717) is 45.1 Å². The Morgan fingerprint density at radius 1 is 0.649 bits per heavy atom. The summed E-state index contributed by atoms with van der Waals surface area (Å²) < 4.78 is 62.1. The highest BCUT2D eigenvalue weighted by Crippen LogP contribution is 2.29. The number of nitrogens with one attached hydrogen (secondary N) is 2. The number of oxazole rings is 1. The summed E-state index contributed by atoms with van der Waals surface area (Å²) in [7, 11) is -7.49. The molecule has 0 aliphatic rings. The molecule has 37 heavy (non-hydrogen) atoms. The van der Waals surface area contributed by atoms with Crippen LogP contribution in [0.5, 0.6) is 0 Å². The van der Waals surface area contributed by atoms with Crippen molar-refractivity contribution in [2.24, 2.45) is 0 Å². The molecule has 1 heterocycles. The second-order valence-electron chi connectivity index (χ2n) is 8.52. The summed E-state index contributed by atoms with van der Waals surface area (Å²) in [6.45, 7) is 3.48. The molecular weight excluding hydrogens is 510 g/mol. The number of hydrogen-bond acceptors (Lipinski definition) is 6. The van der Waals surface area contributed by atoms with E-state index in [9.17, 15) is 16.8 Å². The van der Waals surface area contributed by atoms with E-state index in [0.717, 1.165) is 0 Å². The van der Waals surface area contributed by atoms with Gasteiger partial charge in [0, 0.05) is 11.3 Å². The van der Waals surface area contributed by atoms with Gasteiger partial charge in [0.15, 0.2) is 5.58 Å². The predicted octanol–water partition coefficient (Wildman–Crippen LogP) is 5.71. The Hall–Kier alpha value is -4.15. The third-order valence-corrected chi connectivity index (χ3v) is 8.87. The first kappa shape index (κ1) is 24.5. The first-order chi connectivity index (χ1) is 17.6. The van der Waals surface area contributed by atoms with Crippen LogP contribution >= 0.6 is 0 Å². The van der Waals surface area contributed by atoms with Crippen LogP contribution in [-0.4, -0.2) is 21.8 Å². The molecule has 0 fully saturated rings. The smallest absolute Gasteiger partial charge is 0.262 e. The average Bonchev–Trinajstić information content (AvgIpc) is 3.28. The minimum Gasteiger partial charge on any atom is -0.436 e. The van der Waals surface area contributed by atoms with Crippen molar-refractivity contribution in [3.8, 4) is 11.5 Å². The number of aromatic nitrogens is 1. The molecule has 0 spiro atoms. The molecule has 0 bridgehead atoms. The topological polar surface area (TPSA) is 118 Å². The molecular formula is C27H23N3O5S2. The van der Waals surface area contributed by atoms with Gasteiger partial charge in [0.05, 0.1) is 15.5 Å². The minimum atomic E-state index is -3.77. The molecule has 5 rings (SSSR count). The monoisotopic (exact) mass is 533 g/mol. The van der Waals surface area contributed by atoms with E-state index < -0.39 is 20.0 Å². The maximum absolute atomic E-state index is 12.8. The molecule has 2 N–H and O–H groups in total. The zero-order valence-corrected chi connectivity index (χ0v) is 21.6. The molecule has 0 radical (unpaired) electrons. The summed E-state index contributed by atoms with van der Waals surface area (Å²) >= 11 is 0. The van der Waals surface area contributed by atoms with E-state index in [1.165, 1.54) is 0 Å².